The van der Waals surface area contributed by atoms with E-state index < -0.39 is 17.1 Å². The number of benzene rings is 1. The largest absolute Gasteiger partial charge is 0.497 e. The summed E-state index contributed by atoms with van der Waals surface area (Å²) in [6, 6.07) is 7.18. The molecule has 8 nitrogen and oxygen atoms in total. The molecule has 1 aromatic carbocycles. The average molecular weight is 348 g/mol. The van der Waals surface area contributed by atoms with E-state index in [0.29, 0.717) is 0 Å². The molecule has 1 aliphatic heterocycles. The van der Waals surface area contributed by atoms with E-state index in [1.807, 2.05) is 0 Å². The molecule has 0 radical (unpaired) electrons. The lowest BCUT2D eigenvalue weighted by Crippen LogP contribution is -2.25. The highest BCUT2D eigenvalue weighted by Gasteiger charge is 2.36. The van der Waals surface area contributed by atoms with Crippen LogP contribution in [0.3, 0.4) is 0 Å². The van der Waals surface area contributed by atoms with E-state index in [1.54, 1.807) is 38.3 Å². The molecule has 2 N–H and O–H groups in total. The van der Waals surface area contributed by atoms with Gasteiger partial charge in [0.05, 0.1) is 13.7 Å². The Hall–Kier alpha value is -2.68. The quantitative estimate of drug-likeness (QED) is 0.375. The van der Waals surface area contributed by atoms with E-state index >= 15 is 0 Å². The molecule has 2 rings (SSSR count). The highest BCUT2D eigenvalue weighted by molar-refractivity contribution is 8.16. The number of amides is 1. The van der Waals surface area contributed by atoms with Crippen LogP contribution in [0.15, 0.2) is 39.2 Å². The van der Waals surface area contributed by atoms with Crippen molar-refractivity contribution in [2.75, 3.05) is 13.7 Å². The Kier molecular flexibility index (Phi) is 6.07. The van der Waals surface area contributed by atoms with Crippen LogP contribution in [0, 0.1) is 0 Å². The summed E-state index contributed by atoms with van der Waals surface area (Å²) in [4.78, 5) is 34.8. The van der Waals surface area contributed by atoms with Crippen LogP contribution in [0.4, 0.5) is 0 Å². The van der Waals surface area contributed by atoms with Crippen molar-refractivity contribution in [3.63, 3.8) is 0 Å². The van der Waals surface area contributed by atoms with Crippen molar-refractivity contribution in [2.24, 2.45) is 20.7 Å². The molecule has 0 aliphatic carbocycles. The second-order valence-electron chi connectivity index (χ2n) is 4.48. The van der Waals surface area contributed by atoms with Crippen LogP contribution >= 0.6 is 11.8 Å². The molecule has 0 bridgehead atoms. The van der Waals surface area contributed by atoms with Crippen molar-refractivity contribution in [2.45, 2.75) is 12.2 Å². The van der Waals surface area contributed by atoms with E-state index in [9.17, 15) is 9.59 Å². The molecular weight excluding hydrogens is 332 g/mol. The van der Waals surface area contributed by atoms with E-state index in [4.69, 9.17) is 15.2 Å². The van der Waals surface area contributed by atoms with Crippen molar-refractivity contribution < 1.29 is 19.1 Å². The summed E-state index contributed by atoms with van der Waals surface area (Å²) >= 11 is 0.890. The van der Waals surface area contributed by atoms with E-state index in [-0.39, 0.29) is 17.7 Å². The molecule has 1 aromatic rings. The Labute approximate surface area is 142 Å². The first-order valence-corrected chi connectivity index (χ1v) is 7.89. The lowest BCUT2D eigenvalue weighted by atomic mass is 10.2. The number of guanidine groups is 1. The number of carbonyl (C=O) groups is 2. The average Bonchev–Trinajstić information content (AvgIpc) is 2.94. The minimum absolute atomic E-state index is 0.0747. The van der Waals surface area contributed by atoms with Crippen LogP contribution in [-0.4, -0.2) is 48.2 Å². The molecule has 0 saturated heterocycles. The van der Waals surface area contributed by atoms with Gasteiger partial charge < -0.3 is 15.2 Å². The third kappa shape index (κ3) is 4.66. The molecule has 24 heavy (non-hydrogen) atoms. The molecule has 0 spiro atoms. The highest BCUT2D eigenvalue weighted by Crippen LogP contribution is 2.24. The SMILES string of the molecule is CCOC(=O)C1SC(/N=C(N)/N=C/c2ccc(OC)cc2)=NC1=O. The number of esters is 1. The molecule has 1 heterocycles. The standard InChI is InChI=1S/C15H16N4O4S/c1-3-23-13(21)11-12(20)18-15(24-11)19-14(16)17-8-9-4-6-10(22-2)7-5-9/h4-8,11H,3H2,1-2H3,(H2,16,18,19,20)/b17-8+. The van der Waals surface area contributed by atoms with Gasteiger partial charge in [-0.05, 0) is 36.8 Å². The Morgan fingerprint density at radius 1 is 1.42 bits per heavy atom. The smallest absolute Gasteiger partial charge is 0.329 e. The first-order chi connectivity index (χ1) is 11.5. The minimum atomic E-state index is -1.03. The number of nitrogens with zero attached hydrogens (tertiary/aromatic N) is 3. The van der Waals surface area contributed by atoms with Crippen LogP contribution < -0.4 is 10.5 Å². The lowest BCUT2D eigenvalue weighted by molar-refractivity contribution is -0.144. The van der Waals surface area contributed by atoms with E-state index in [1.165, 1.54) is 6.21 Å². The fourth-order valence-corrected chi connectivity index (χ4v) is 2.53. The summed E-state index contributed by atoms with van der Waals surface area (Å²) in [5, 5.41) is -0.940. The molecule has 1 unspecified atom stereocenters. The first kappa shape index (κ1) is 17.7. The van der Waals surface area contributed by atoms with Gasteiger partial charge in [0.15, 0.2) is 10.4 Å². The Morgan fingerprint density at radius 3 is 2.75 bits per heavy atom. The summed E-state index contributed by atoms with van der Waals surface area (Å²) < 4.78 is 9.86. The summed E-state index contributed by atoms with van der Waals surface area (Å²) in [6.45, 7) is 1.85. The van der Waals surface area contributed by atoms with Crippen LogP contribution in [-0.2, 0) is 14.3 Å². The number of nitrogens with two attached hydrogens (primary N) is 1. The fourth-order valence-electron chi connectivity index (χ4n) is 1.71. The number of hydrogen-bond acceptors (Lipinski definition) is 6. The maximum Gasteiger partial charge on any atom is 0.329 e. The number of methoxy groups -OCH3 is 1. The molecule has 1 atom stereocenters. The summed E-state index contributed by atoms with van der Waals surface area (Å²) in [7, 11) is 1.58. The van der Waals surface area contributed by atoms with Crippen molar-refractivity contribution >= 4 is 41.0 Å². The van der Waals surface area contributed by atoms with E-state index in [2.05, 4.69) is 15.0 Å². The summed E-state index contributed by atoms with van der Waals surface area (Å²) in [6.07, 6.45) is 1.52. The number of carbonyl (C=O) groups excluding carboxylic acids is 2. The van der Waals surface area contributed by atoms with Gasteiger partial charge in [0, 0.05) is 6.21 Å². The third-order valence-electron chi connectivity index (χ3n) is 2.83. The van der Waals surface area contributed by atoms with Gasteiger partial charge >= 0.3 is 5.97 Å². The topological polar surface area (TPSA) is 116 Å². The van der Waals surface area contributed by atoms with Crippen LogP contribution in [0.1, 0.15) is 12.5 Å². The van der Waals surface area contributed by atoms with Crippen LogP contribution in [0.25, 0.3) is 0 Å². The summed E-state index contributed by atoms with van der Waals surface area (Å²) in [5.41, 5.74) is 6.49. The van der Waals surface area contributed by atoms with Gasteiger partial charge in [-0.15, -0.1) is 0 Å². The van der Waals surface area contributed by atoms with Gasteiger partial charge in [0.1, 0.15) is 5.75 Å². The van der Waals surface area contributed by atoms with Crippen molar-refractivity contribution in [3.05, 3.63) is 29.8 Å². The predicted octanol–water partition coefficient (Wildman–Crippen LogP) is 0.990. The Bertz CT molecular complexity index is 713. The third-order valence-corrected chi connectivity index (χ3v) is 3.85. The van der Waals surface area contributed by atoms with Gasteiger partial charge in [-0.3, -0.25) is 9.59 Å². The molecular formula is C15H16N4O4S. The second-order valence-corrected chi connectivity index (χ2v) is 5.56. The number of amidine groups is 1. The first-order valence-electron chi connectivity index (χ1n) is 7.01. The fraction of sp³-hybridized carbons (Fsp3) is 0.267. The predicted molar refractivity (Wildman–Crippen MR) is 92.7 cm³/mol. The molecule has 0 saturated carbocycles. The normalized spacial score (nSPS) is 17.9. The molecule has 126 valence electrons. The highest BCUT2D eigenvalue weighted by atomic mass is 32.2. The van der Waals surface area contributed by atoms with Gasteiger partial charge in [-0.2, -0.15) is 9.98 Å². The van der Waals surface area contributed by atoms with Crippen molar-refractivity contribution in [1.29, 1.82) is 0 Å². The monoisotopic (exact) mass is 348 g/mol. The van der Waals surface area contributed by atoms with Crippen molar-refractivity contribution in [3.8, 4) is 5.75 Å². The van der Waals surface area contributed by atoms with Crippen molar-refractivity contribution in [1.82, 2.24) is 0 Å². The molecule has 0 fully saturated rings. The Balaban J connectivity index is 2.00. The zero-order valence-corrected chi connectivity index (χ0v) is 13.9. The van der Waals surface area contributed by atoms with Gasteiger partial charge in [-0.25, -0.2) is 4.99 Å². The maximum absolute atomic E-state index is 11.7. The molecule has 1 aliphatic rings. The molecule has 9 heteroatoms. The second kappa shape index (κ2) is 8.25. The zero-order valence-electron chi connectivity index (χ0n) is 13.1. The molecule has 0 aromatic heterocycles. The maximum atomic E-state index is 11.7. The van der Waals surface area contributed by atoms with Gasteiger partial charge in [-0.1, -0.05) is 11.8 Å². The van der Waals surface area contributed by atoms with Gasteiger partial charge in [0.2, 0.25) is 5.96 Å². The summed E-state index contributed by atoms with van der Waals surface area (Å²) in [5.74, 6) is -0.589. The molecule has 1 amide bonds. The number of rotatable bonds is 4. The van der Waals surface area contributed by atoms with Gasteiger partial charge in [0.25, 0.3) is 5.91 Å². The number of aliphatic imine (C=N–C) groups is 3. The minimum Gasteiger partial charge on any atom is -0.497 e. The number of hydrogen-bond donors (Lipinski definition) is 1. The Morgan fingerprint density at radius 2 is 2.12 bits per heavy atom. The van der Waals surface area contributed by atoms with E-state index in [0.717, 1.165) is 23.1 Å². The number of thioether (sulfide) groups is 1. The van der Waals surface area contributed by atoms with Crippen LogP contribution in [0.5, 0.6) is 5.75 Å². The lowest BCUT2D eigenvalue weighted by Gasteiger charge is -2.04. The zero-order chi connectivity index (χ0) is 17.5. The van der Waals surface area contributed by atoms with Crippen LogP contribution in [0.2, 0.25) is 0 Å². The number of ether oxygens (including phenoxy) is 2.